The second kappa shape index (κ2) is 38.1. The molecule has 0 radical (unpaired) electrons. The lowest BCUT2D eigenvalue weighted by Gasteiger charge is -2.18. The van der Waals surface area contributed by atoms with Gasteiger partial charge in [0.05, 0.1) is 12.7 Å². The molecule has 7 nitrogen and oxygen atoms in total. The maximum atomic E-state index is 12.0. The van der Waals surface area contributed by atoms with E-state index in [0.29, 0.717) is 32.8 Å². The summed E-state index contributed by atoms with van der Waals surface area (Å²) in [4.78, 5) is 26.1. The monoisotopic (exact) mass is 680 g/mol. The molecule has 0 atom stereocenters. The molecular formula is C41H77NO6. The maximum absolute atomic E-state index is 12.0. The molecule has 0 aromatic carbocycles. The van der Waals surface area contributed by atoms with Crippen molar-refractivity contribution in [3.63, 3.8) is 0 Å². The van der Waals surface area contributed by atoms with Crippen LogP contribution in [0.1, 0.15) is 174 Å². The molecule has 0 saturated carbocycles. The van der Waals surface area contributed by atoms with Gasteiger partial charge >= 0.3 is 11.9 Å². The quantitative estimate of drug-likeness (QED) is 0.0280. The lowest BCUT2D eigenvalue weighted by Crippen LogP contribution is -2.18. The van der Waals surface area contributed by atoms with Gasteiger partial charge < -0.3 is 23.8 Å². The van der Waals surface area contributed by atoms with Crippen LogP contribution in [0.2, 0.25) is 0 Å². The minimum absolute atomic E-state index is 0.0826. The first-order valence-electron chi connectivity index (χ1n) is 19.9. The number of rotatable bonds is 37. The minimum Gasteiger partial charge on any atom is -0.461 e. The molecule has 7 heteroatoms. The van der Waals surface area contributed by atoms with Crippen LogP contribution in [0, 0.1) is 0 Å². The first kappa shape index (κ1) is 46.3. The van der Waals surface area contributed by atoms with Crippen molar-refractivity contribution in [2.24, 2.45) is 0 Å². The van der Waals surface area contributed by atoms with Crippen molar-refractivity contribution in [3.05, 3.63) is 24.3 Å². The highest BCUT2D eigenvalue weighted by Crippen LogP contribution is 2.17. The van der Waals surface area contributed by atoms with Crippen molar-refractivity contribution in [1.82, 2.24) is 4.90 Å². The van der Waals surface area contributed by atoms with Crippen LogP contribution in [0.25, 0.3) is 0 Å². The Morgan fingerprint density at radius 3 is 1.50 bits per heavy atom. The number of unbranched alkanes of at least 4 members (excludes halogenated alkanes) is 16. The third-order valence-corrected chi connectivity index (χ3v) is 8.56. The highest BCUT2D eigenvalue weighted by molar-refractivity contribution is 5.69. The normalized spacial score (nSPS) is 12.4. The summed E-state index contributed by atoms with van der Waals surface area (Å²) in [6, 6.07) is 0. The summed E-state index contributed by atoms with van der Waals surface area (Å²) in [7, 11) is 4.16. The third kappa shape index (κ3) is 37.1. The molecule has 0 aliphatic rings. The highest BCUT2D eigenvalue weighted by atomic mass is 16.7. The molecule has 0 aromatic rings. The van der Waals surface area contributed by atoms with Crippen molar-refractivity contribution in [2.75, 3.05) is 47.3 Å². The largest absolute Gasteiger partial charge is 0.461 e. The molecule has 0 aliphatic heterocycles. The average Bonchev–Trinajstić information content (AvgIpc) is 3.07. The molecule has 0 heterocycles. The number of hydrogen-bond donors (Lipinski definition) is 0. The Morgan fingerprint density at radius 1 is 0.562 bits per heavy atom. The molecule has 0 unspecified atom stereocenters. The van der Waals surface area contributed by atoms with E-state index in [-0.39, 0.29) is 18.0 Å². The summed E-state index contributed by atoms with van der Waals surface area (Å²) < 4.78 is 22.6. The number of carbonyl (C=O) groups excluding carboxylic acids is 2. The zero-order valence-corrected chi connectivity index (χ0v) is 32.0. The summed E-state index contributed by atoms with van der Waals surface area (Å²) in [6.45, 7) is 7.36. The number of ether oxygens (including phenoxy) is 4. The lowest BCUT2D eigenvalue weighted by atomic mass is 10.0. The van der Waals surface area contributed by atoms with E-state index in [1.807, 2.05) is 12.2 Å². The standard InChI is InChI=1S/C41H77NO6/c1-5-7-9-11-13-21-27-36-46-40(43)32-25-19-15-17-23-30-39(48-38-45-35-29-34-42(3)4)31-24-18-16-20-26-33-41(44)47-37-28-22-14-12-10-8-6-2/h21-22,27-28,39H,5-20,23-26,29-38H2,1-4H3. The molecule has 0 aromatic heterocycles. The van der Waals surface area contributed by atoms with Gasteiger partial charge in [0, 0.05) is 12.8 Å². The Hall–Kier alpha value is -1.70. The van der Waals surface area contributed by atoms with Gasteiger partial charge in [-0.1, -0.05) is 128 Å². The van der Waals surface area contributed by atoms with Crippen molar-refractivity contribution < 1.29 is 28.5 Å². The zero-order chi connectivity index (χ0) is 35.2. The average molecular weight is 680 g/mol. The van der Waals surface area contributed by atoms with Crippen LogP contribution < -0.4 is 0 Å². The van der Waals surface area contributed by atoms with Crippen LogP contribution in [-0.4, -0.2) is 70.2 Å². The van der Waals surface area contributed by atoms with E-state index in [4.69, 9.17) is 18.9 Å². The smallest absolute Gasteiger partial charge is 0.306 e. The Balaban J connectivity index is 4.03. The van der Waals surface area contributed by atoms with Gasteiger partial charge in [0.2, 0.25) is 0 Å². The van der Waals surface area contributed by atoms with Gasteiger partial charge in [0.15, 0.2) is 0 Å². The summed E-state index contributed by atoms with van der Waals surface area (Å²) in [5.41, 5.74) is 0. The SMILES string of the molecule is CCCCCCC=CCOC(=O)CCCCCCCC(CCCCCCCC(=O)OCC=CCCCCCC)OCOCCCN(C)C. The Morgan fingerprint density at radius 2 is 1.02 bits per heavy atom. The Kier molecular flexibility index (Phi) is 36.8. The van der Waals surface area contributed by atoms with Gasteiger partial charge in [-0.25, -0.2) is 0 Å². The van der Waals surface area contributed by atoms with Gasteiger partial charge in [0.1, 0.15) is 20.0 Å². The first-order valence-corrected chi connectivity index (χ1v) is 19.9. The van der Waals surface area contributed by atoms with Gasteiger partial charge in [-0.3, -0.25) is 9.59 Å². The second-order valence-electron chi connectivity index (χ2n) is 13.6. The zero-order valence-electron chi connectivity index (χ0n) is 32.0. The van der Waals surface area contributed by atoms with Crippen molar-refractivity contribution in [3.8, 4) is 0 Å². The fourth-order valence-electron chi connectivity index (χ4n) is 5.52. The van der Waals surface area contributed by atoms with Crippen LogP contribution in [-0.2, 0) is 28.5 Å². The molecule has 0 N–H and O–H groups in total. The molecule has 0 saturated heterocycles. The molecule has 0 rings (SSSR count). The molecular weight excluding hydrogens is 602 g/mol. The molecule has 282 valence electrons. The van der Waals surface area contributed by atoms with E-state index >= 15 is 0 Å². The van der Waals surface area contributed by atoms with Crippen LogP contribution >= 0.6 is 0 Å². The topological polar surface area (TPSA) is 74.3 Å². The molecule has 0 spiro atoms. The van der Waals surface area contributed by atoms with Crippen LogP contribution in [0.15, 0.2) is 24.3 Å². The number of carbonyl (C=O) groups is 2. The number of esters is 2. The molecule has 0 fully saturated rings. The van der Waals surface area contributed by atoms with E-state index < -0.39 is 0 Å². The van der Waals surface area contributed by atoms with E-state index in [0.717, 1.165) is 109 Å². The Bertz CT molecular complexity index is 701. The Labute approximate surface area is 296 Å². The first-order chi connectivity index (χ1) is 23.5. The van der Waals surface area contributed by atoms with Crippen molar-refractivity contribution >= 4 is 11.9 Å². The number of allylic oxidation sites excluding steroid dienone is 2. The van der Waals surface area contributed by atoms with E-state index in [9.17, 15) is 9.59 Å². The maximum Gasteiger partial charge on any atom is 0.306 e. The molecule has 0 amide bonds. The van der Waals surface area contributed by atoms with Gasteiger partial charge in [-0.15, -0.1) is 0 Å². The number of nitrogens with zero attached hydrogens (tertiary/aromatic N) is 1. The fraction of sp³-hybridized carbons (Fsp3) is 0.854. The highest BCUT2D eigenvalue weighted by Gasteiger charge is 2.10. The minimum atomic E-state index is -0.0826. The van der Waals surface area contributed by atoms with E-state index in [2.05, 4.69) is 45.0 Å². The van der Waals surface area contributed by atoms with Crippen LogP contribution in [0.4, 0.5) is 0 Å². The van der Waals surface area contributed by atoms with Gasteiger partial charge in [-0.05, 0) is 78.4 Å². The predicted molar refractivity (Wildman–Crippen MR) is 201 cm³/mol. The summed E-state index contributed by atoms with van der Waals surface area (Å²) in [5, 5.41) is 0. The van der Waals surface area contributed by atoms with Crippen molar-refractivity contribution in [1.29, 1.82) is 0 Å². The molecule has 0 aliphatic carbocycles. The predicted octanol–water partition coefficient (Wildman–Crippen LogP) is 10.9. The third-order valence-electron chi connectivity index (χ3n) is 8.56. The van der Waals surface area contributed by atoms with Gasteiger partial charge in [-0.2, -0.15) is 0 Å². The van der Waals surface area contributed by atoms with E-state index in [1.165, 1.54) is 51.4 Å². The van der Waals surface area contributed by atoms with Gasteiger partial charge in [0.25, 0.3) is 0 Å². The van der Waals surface area contributed by atoms with Crippen LogP contribution in [0.3, 0.4) is 0 Å². The van der Waals surface area contributed by atoms with Crippen LogP contribution in [0.5, 0.6) is 0 Å². The summed E-state index contributed by atoms with van der Waals surface area (Å²) in [5.74, 6) is -0.165. The lowest BCUT2D eigenvalue weighted by molar-refractivity contribution is -0.143. The summed E-state index contributed by atoms with van der Waals surface area (Å²) >= 11 is 0. The molecule has 0 bridgehead atoms. The van der Waals surface area contributed by atoms with E-state index in [1.54, 1.807) is 0 Å². The summed E-state index contributed by atoms with van der Waals surface area (Å²) in [6.07, 6.45) is 35.6. The molecule has 48 heavy (non-hydrogen) atoms. The fourth-order valence-corrected chi connectivity index (χ4v) is 5.52. The number of hydrogen-bond acceptors (Lipinski definition) is 7. The van der Waals surface area contributed by atoms with Crippen molar-refractivity contribution in [2.45, 2.75) is 180 Å². The second-order valence-corrected chi connectivity index (χ2v) is 13.6.